The van der Waals surface area contributed by atoms with Crippen LogP contribution in [-0.2, 0) is 12.0 Å². The Morgan fingerprint density at radius 1 is 1.09 bits per heavy atom. The summed E-state index contributed by atoms with van der Waals surface area (Å²) in [6.07, 6.45) is 1.90. The quantitative estimate of drug-likeness (QED) is 0.623. The summed E-state index contributed by atoms with van der Waals surface area (Å²) in [6.45, 7) is 3.25. The summed E-state index contributed by atoms with van der Waals surface area (Å²) in [5, 5.41) is 6.81. The van der Waals surface area contributed by atoms with Crippen LogP contribution >= 0.6 is 0 Å². The van der Waals surface area contributed by atoms with Crippen LogP contribution in [0.3, 0.4) is 0 Å². The third-order valence-corrected chi connectivity index (χ3v) is 6.58. The average molecular weight is 426 g/mol. The van der Waals surface area contributed by atoms with Crippen molar-refractivity contribution in [3.05, 3.63) is 88.9 Å². The minimum absolute atomic E-state index is 0.0530. The Morgan fingerprint density at radius 2 is 1.91 bits per heavy atom. The van der Waals surface area contributed by atoms with Gasteiger partial charge in [-0.2, -0.15) is 0 Å². The Labute approximate surface area is 188 Å². The molecule has 0 radical (unpaired) electrons. The number of amides is 1. The van der Waals surface area contributed by atoms with E-state index in [0.29, 0.717) is 11.5 Å². The number of furan rings is 1. The molecule has 162 valence electrons. The number of hydrogen-bond acceptors (Lipinski definition) is 4. The lowest BCUT2D eigenvalue weighted by molar-refractivity contribution is 0.0644. The monoisotopic (exact) mass is 425 g/mol. The summed E-state index contributed by atoms with van der Waals surface area (Å²) in [5.41, 5.74) is 4.95. The van der Waals surface area contributed by atoms with Crippen molar-refractivity contribution < 1.29 is 9.21 Å². The van der Waals surface area contributed by atoms with Crippen LogP contribution in [0.2, 0.25) is 0 Å². The van der Waals surface area contributed by atoms with Gasteiger partial charge in [0.1, 0.15) is 0 Å². The molecular formula is C27H27N3O2. The molecule has 2 aromatic carbocycles. The number of carbonyl (C=O) groups is 1. The smallest absolute Gasteiger partial charge is 0.289 e. The first kappa shape index (κ1) is 20.4. The maximum absolute atomic E-state index is 13.0. The molecular weight excluding hydrogens is 398 g/mol. The number of likely N-dealkylation sites (tertiary alicyclic amines) is 1. The van der Waals surface area contributed by atoms with Gasteiger partial charge in [0.2, 0.25) is 0 Å². The van der Waals surface area contributed by atoms with Crippen LogP contribution in [0.25, 0.3) is 0 Å². The lowest BCUT2D eigenvalue weighted by Crippen LogP contribution is -2.46. The fourth-order valence-corrected chi connectivity index (χ4v) is 4.77. The standard InChI is InChI=1S/C27H27N3O2/c1-28-18-21-8-11-24-23(17-21)27(19-29-24)13-15-30(16-14-27)26(31)25-12-10-22(32-25)9-7-20-5-3-2-4-6-20/h2-6,8,10-12,17,28-29H,13-16,18-19H2,1H3. The van der Waals surface area contributed by atoms with E-state index in [4.69, 9.17) is 4.42 Å². The maximum Gasteiger partial charge on any atom is 0.289 e. The summed E-state index contributed by atoms with van der Waals surface area (Å²) >= 11 is 0. The van der Waals surface area contributed by atoms with Crippen molar-refractivity contribution in [2.45, 2.75) is 24.8 Å². The van der Waals surface area contributed by atoms with Crippen LogP contribution in [0, 0.1) is 11.8 Å². The molecule has 0 aliphatic carbocycles. The molecule has 1 amide bonds. The lowest BCUT2D eigenvalue weighted by atomic mass is 9.74. The highest BCUT2D eigenvalue weighted by atomic mass is 16.3. The molecule has 1 saturated heterocycles. The van der Waals surface area contributed by atoms with Gasteiger partial charge < -0.3 is 20.0 Å². The van der Waals surface area contributed by atoms with Gasteiger partial charge in [-0.15, -0.1) is 0 Å². The molecule has 1 fully saturated rings. The fraction of sp³-hybridized carbons (Fsp3) is 0.296. The van der Waals surface area contributed by atoms with Gasteiger partial charge in [-0.25, -0.2) is 0 Å². The van der Waals surface area contributed by atoms with E-state index < -0.39 is 0 Å². The van der Waals surface area contributed by atoms with E-state index in [0.717, 1.165) is 44.6 Å². The van der Waals surface area contributed by atoms with E-state index in [-0.39, 0.29) is 11.3 Å². The normalized spacial score (nSPS) is 16.2. The first-order valence-electron chi connectivity index (χ1n) is 11.1. The molecule has 1 spiro atoms. The number of nitrogens with zero attached hydrogens (tertiary/aromatic N) is 1. The van der Waals surface area contributed by atoms with Crippen LogP contribution in [0.4, 0.5) is 5.69 Å². The summed E-state index contributed by atoms with van der Waals surface area (Å²) in [4.78, 5) is 14.9. The molecule has 2 aliphatic heterocycles. The van der Waals surface area contributed by atoms with Gasteiger partial charge in [0.05, 0.1) is 0 Å². The van der Waals surface area contributed by atoms with Gasteiger partial charge in [0, 0.05) is 42.8 Å². The van der Waals surface area contributed by atoms with Crippen molar-refractivity contribution in [2.75, 3.05) is 32.0 Å². The molecule has 2 N–H and O–H groups in total. The molecule has 0 unspecified atom stereocenters. The highest BCUT2D eigenvalue weighted by Crippen LogP contribution is 2.44. The van der Waals surface area contributed by atoms with Crippen molar-refractivity contribution in [3.8, 4) is 11.8 Å². The van der Waals surface area contributed by atoms with Crippen LogP contribution in [0.1, 0.15) is 45.8 Å². The zero-order valence-corrected chi connectivity index (χ0v) is 18.3. The Bertz CT molecular complexity index is 1180. The Kier molecular flexibility index (Phi) is 5.46. The number of fused-ring (bicyclic) bond motifs is 2. The lowest BCUT2D eigenvalue weighted by Gasteiger charge is -2.39. The van der Waals surface area contributed by atoms with E-state index in [2.05, 4.69) is 40.7 Å². The van der Waals surface area contributed by atoms with E-state index in [1.165, 1.54) is 16.8 Å². The minimum Gasteiger partial charge on any atom is -0.443 e. The van der Waals surface area contributed by atoms with E-state index in [9.17, 15) is 4.79 Å². The minimum atomic E-state index is -0.0530. The summed E-state index contributed by atoms with van der Waals surface area (Å²) in [6, 6.07) is 19.9. The van der Waals surface area contributed by atoms with Crippen molar-refractivity contribution in [2.24, 2.45) is 0 Å². The SMILES string of the molecule is CNCc1ccc2c(c1)C1(CCN(C(=O)c3ccc(C#Cc4ccccc4)o3)CC1)CN2. The van der Waals surface area contributed by atoms with Crippen LogP contribution in [0.5, 0.6) is 0 Å². The van der Waals surface area contributed by atoms with Gasteiger partial charge in [0.25, 0.3) is 5.91 Å². The Hall–Kier alpha value is -3.49. The molecule has 0 saturated carbocycles. The number of carbonyl (C=O) groups excluding carboxylic acids is 1. The van der Waals surface area contributed by atoms with E-state index >= 15 is 0 Å². The molecule has 3 aromatic rings. The molecule has 5 rings (SSSR count). The molecule has 32 heavy (non-hydrogen) atoms. The maximum atomic E-state index is 13.0. The van der Waals surface area contributed by atoms with Gasteiger partial charge in [-0.1, -0.05) is 36.3 Å². The van der Waals surface area contributed by atoms with Crippen molar-refractivity contribution >= 4 is 11.6 Å². The van der Waals surface area contributed by atoms with Crippen LogP contribution in [0.15, 0.2) is 65.1 Å². The topological polar surface area (TPSA) is 57.5 Å². The second-order valence-corrected chi connectivity index (χ2v) is 8.62. The van der Waals surface area contributed by atoms with Gasteiger partial charge in [-0.3, -0.25) is 4.79 Å². The van der Waals surface area contributed by atoms with E-state index in [1.54, 1.807) is 12.1 Å². The second kappa shape index (κ2) is 8.57. The zero-order valence-electron chi connectivity index (χ0n) is 18.3. The number of rotatable bonds is 3. The predicted molar refractivity (Wildman–Crippen MR) is 126 cm³/mol. The van der Waals surface area contributed by atoms with Crippen molar-refractivity contribution in [3.63, 3.8) is 0 Å². The third-order valence-electron chi connectivity index (χ3n) is 6.58. The van der Waals surface area contributed by atoms with Crippen molar-refractivity contribution in [1.29, 1.82) is 0 Å². The second-order valence-electron chi connectivity index (χ2n) is 8.62. The molecule has 3 heterocycles. The third kappa shape index (κ3) is 3.90. The number of piperidine rings is 1. The predicted octanol–water partition coefficient (Wildman–Crippen LogP) is 4.00. The number of hydrogen-bond donors (Lipinski definition) is 2. The van der Waals surface area contributed by atoms with Gasteiger partial charge in [-0.05, 0) is 67.3 Å². The summed E-state index contributed by atoms with van der Waals surface area (Å²) in [5.74, 6) is 6.89. The summed E-state index contributed by atoms with van der Waals surface area (Å²) in [7, 11) is 1.97. The Balaban J connectivity index is 1.26. The average Bonchev–Trinajstić information content (AvgIpc) is 3.44. The highest BCUT2D eigenvalue weighted by molar-refractivity contribution is 5.91. The fourth-order valence-electron chi connectivity index (χ4n) is 4.77. The largest absolute Gasteiger partial charge is 0.443 e. The van der Waals surface area contributed by atoms with Crippen LogP contribution in [-0.4, -0.2) is 37.5 Å². The first-order chi connectivity index (χ1) is 15.7. The van der Waals surface area contributed by atoms with E-state index in [1.807, 2.05) is 42.3 Å². The summed E-state index contributed by atoms with van der Waals surface area (Å²) < 4.78 is 5.75. The van der Waals surface area contributed by atoms with Gasteiger partial charge in [0.15, 0.2) is 11.5 Å². The molecule has 0 bridgehead atoms. The zero-order chi connectivity index (χ0) is 22.0. The number of anilines is 1. The molecule has 1 aromatic heterocycles. The number of benzene rings is 2. The van der Waals surface area contributed by atoms with Gasteiger partial charge >= 0.3 is 0 Å². The van der Waals surface area contributed by atoms with Crippen molar-refractivity contribution in [1.82, 2.24) is 10.2 Å². The highest BCUT2D eigenvalue weighted by Gasteiger charge is 2.42. The number of nitrogens with one attached hydrogen (secondary N) is 2. The Morgan fingerprint density at radius 3 is 2.69 bits per heavy atom. The molecule has 0 atom stereocenters. The molecule has 5 heteroatoms. The molecule has 2 aliphatic rings. The van der Waals surface area contributed by atoms with Crippen LogP contribution < -0.4 is 10.6 Å². The molecule has 5 nitrogen and oxygen atoms in total. The first-order valence-corrected chi connectivity index (χ1v) is 11.1.